The van der Waals surface area contributed by atoms with Crippen molar-refractivity contribution < 1.29 is 26.7 Å². The summed E-state index contributed by atoms with van der Waals surface area (Å²) in [5.74, 6) is -1.26. The number of alkyl halides is 2. The van der Waals surface area contributed by atoms with Gasteiger partial charge in [0.1, 0.15) is 4.90 Å². The van der Waals surface area contributed by atoms with Gasteiger partial charge in [-0.05, 0) is 5.56 Å². The molecule has 1 aromatic heterocycles. The molecular weight excluding hydrogens is 330 g/mol. The number of halogens is 2. The third-order valence-electron chi connectivity index (χ3n) is 3.21. The number of hydrogen-bond acceptors (Lipinski definition) is 5. The summed E-state index contributed by atoms with van der Waals surface area (Å²) >= 11 is 0. The van der Waals surface area contributed by atoms with Gasteiger partial charge < -0.3 is 4.74 Å². The fraction of sp³-hybridized carbons (Fsp3) is 0.286. The summed E-state index contributed by atoms with van der Waals surface area (Å²) in [6, 6.07) is 4.96. The van der Waals surface area contributed by atoms with Gasteiger partial charge in [0.15, 0.2) is 15.5 Å². The van der Waals surface area contributed by atoms with Crippen LogP contribution in [0.25, 0.3) is 0 Å². The fourth-order valence-electron chi connectivity index (χ4n) is 2.03. The standard InChI is InChI=1S/C14H14F2N2O4S/c1-18-12(14(19)22-2)11(7-17-18)23(20,21)8-9-3-5-10(6-4-9)13(15)16/h3-7,13H,8H2,1-2H3. The number of aromatic nitrogens is 2. The molecule has 0 bridgehead atoms. The minimum Gasteiger partial charge on any atom is -0.464 e. The first kappa shape index (κ1) is 17.1. The zero-order chi connectivity index (χ0) is 17.2. The maximum Gasteiger partial charge on any atom is 0.357 e. The Morgan fingerprint density at radius 3 is 2.43 bits per heavy atom. The smallest absolute Gasteiger partial charge is 0.357 e. The number of methoxy groups -OCH3 is 1. The Morgan fingerprint density at radius 2 is 1.91 bits per heavy atom. The summed E-state index contributed by atoms with van der Waals surface area (Å²) < 4.78 is 55.6. The van der Waals surface area contributed by atoms with Gasteiger partial charge in [-0.3, -0.25) is 4.68 Å². The lowest BCUT2D eigenvalue weighted by atomic mass is 10.2. The molecule has 0 fully saturated rings. The SMILES string of the molecule is COC(=O)c1c(S(=O)(=O)Cc2ccc(C(F)F)cc2)cnn1C. The number of ether oxygens (including phenoxy) is 1. The molecule has 1 aromatic carbocycles. The van der Waals surface area contributed by atoms with Crippen LogP contribution in [-0.4, -0.2) is 31.3 Å². The summed E-state index contributed by atoms with van der Waals surface area (Å²) in [5.41, 5.74) is -0.0476. The van der Waals surface area contributed by atoms with Crippen molar-refractivity contribution in [2.45, 2.75) is 17.1 Å². The molecule has 0 aliphatic heterocycles. The summed E-state index contributed by atoms with van der Waals surface area (Å²) in [4.78, 5) is 11.4. The number of benzene rings is 1. The normalized spacial score (nSPS) is 11.7. The van der Waals surface area contributed by atoms with E-state index in [0.29, 0.717) is 5.56 Å². The van der Waals surface area contributed by atoms with Crippen molar-refractivity contribution in [3.63, 3.8) is 0 Å². The first-order valence-corrected chi connectivity index (χ1v) is 8.11. The number of hydrogen-bond donors (Lipinski definition) is 0. The van der Waals surface area contributed by atoms with Crippen molar-refractivity contribution in [2.24, 2.45) is 7.05 Å². The van der Waals surface area contributed by atoms with Crippen LogP contribution < -0.4 is 0 Å². The minimum atomic E-state index is -3.88. The number of esters is 1. The van der Waals surface area contributed by atoms with Crippen LogP contribution >= 0.6 is 0 Å². The summed E-state index contributed by atoms with van der Waals surface area (Å²) in [7, 11) is -1.33. The number of sulfone groups is 1. The van der Waals surface area contributed by atoms with E-state index in [4.69, 9.17) is 0 Å². The number of carbonyl (C=O) groups is 1. The molecule has 0 atom stereocenters. The van der Waals surface area contributed by atoms with Crippen molar-refractivity contribution in [3.8, 4) is 0 Å². The Balaban J connectivity index is 2.34. The molecule has 0 saturated carbocycles. The third-order valence-corrected chi connectivity index (χ3v) is 4.89. The second-order valence-corrected chi connectivity index (χ2v) is 6.73. The molecule has 0 spiro atoms. The predicted octanol–water partition coefficient (Wildman–Crippen LogP) is 2.12. The average Bonchev–Trinajstić information content (AvgIpc) is 2.89. The van der Waals surface area contributed by atoms with E-state index in [1.807, 2.05) is 0 Å². The van der Waals surface area contributed by atoms with Gasteiger partial charge in [0, 0.05) is 12.6 Å². The van der Waals surface area contributed by atoms with E-state index in [2.05, 4.69) is 9.84 Å². The summed E-state index contributed by atoms with van der Waals surface area (Å²) in [6.45, 7) is 0. The molecule has 0 aliphatic carbocycles. The Labute approximate surface area is 131 Å². The van der Waals surface area contributed by atoms with Gasteiger partial charge in [-0.25, -0.2) is 22.0 Å². The number of aryl methyl sites for hydroxylation is 1. The van der Waals surface area contributed by atoms with Crippen molar-refractivity contribution in [1.29, 1.82) is 0 Å². The molecule has 2 rings (SSSR count). The Morgan fingerprint density at radius 1 is 1.30 bits per heavy atom. The van der Waals surface area contributed by atoms with Gasteiger partial charge in [0.2, 0.25) is 0 Å². The Kier molecular flexibility index (Phi) is 4.79. The van der Waals surface area contributed by atoms with Crippen LogP contribution in [-0.2, 0) is 27.4 Å². The Hall–Kier alpha value is -2.29. The largest absolute Gasteiger partial charge is 0.464 e. The molecule has 0 radical (unpaired) electrons. The second-order valence-electron chi connectivity index (χ2n) is 4.77. The first-order chi connectivity index (χ1) is 10.8. The highest BCUT2D eigenvalue weighted by molar-refractivity contribution is 7.90. The maximum absolute atomic E-state index is 12.5. The number of rotatable bonds is 5. The fourth-order valence-corrected chi connectivity index (χ4v) is 3.54. The van der Waals surface area contributed by atoms with E-state index in [-0.39, 0.29) is 16.2 Å². The van der Waals surface area contributed by atoms with E-state index >= 15 is 0 Å². The molecule has 6 nitrogen and oxygen atoms in total. The van der Waals surface area contributed by atoms with E-state index in [9.17, 15) is 22.0 Å². The van der Waals surface area contributed by atoms with Gasteiger partial charge in [-0.15, -0.1) is 0 Å². The van der Waals surface area contributed by atoms with E-state index in [1.165, 1.54) is 31.3 Å². The second kappa shape index (κ2) is 6.45. The number of carbonyl (C=O) groups excluding carboxylic acids is 1. The zero-order valence-electron chi connectivity index (χ0n) is 12.4. The zero-order valence-corrected chi connectivity index (χ0v) is 13.2. The molecule has 2 aromatic rings. The van der Waals surface area contributed by atoms with Crippen LogP contribution in [0.1, 0.15) is 28.0 Å². The molecule has 0 aliphatic rings. The quantitative estimate of drug-likeness (QED) is 0.777. The van der Waals surface area contributed by atoms with Crippen molar-refractivity contribution in [3.05, 3.63) is 47.3 Å². The highest BCUT2D eigenvalue weighted by Gasteiger charge is 2.27. The van der Waals surface area contributed by atoms with Crippen LogP contribution in [0.15, 0.2) is 35.4 Å². The van der Waals surface area contributed by atoms with Crippen LogP contribution in [0.4, 0.5) is 8.78 Å². The molecule has 0 saturated heterocycles. The van der Waals surface area contributed by atoms with Crippen LogP contribution in [0.5, 0.6) is 0 Å². The molecule has 0 unspecified atom stereocenters. The topological polar surface area (TPSA) is 78.3 Å². The highest BCUT2D eigenvalue weighted by Crippen LogP contribution is 2.23. The van der Waals surface area contributed by atoms with E-state index in [1.54, 1.807) is 0 Å². The van der Waals surface area contributed by atoms with Gasteiger partial charge in [0.05, 0.1) is 19.1 Å². The van der Waals surface area contributed by atoms with Crippen LogP contribution in [0, 0.1) is 0 Å². The lowest BCUT2D eigenvalue weighted by Crippen LogP contribution is -2.14. The predicted molar refractivity (Wildman–Crippen MR) is 76.8 cm³/mol. The molecular formula is C14H14F2N2O4S. The van der Waals surface area contributed by atoms with Crippen LogP contribution in [0.3, 0.4) is 0 Å². The lowest BCUT2D eigenvalue weighted by Gasteiger charge is -2.07. The molecule has 9 heteroatoms. The van der Waals surface area contributed by atoms with Gasteiger partial charge in [-0.1, -0.05) is 24.3 Å². The summed E-state index contributed by atoms with van der Waals surface area (Å²) in [6.07, 6.45) is -1.56. The van der Waals surface area contributed by atoms with Crippen molar-refractivity contribution in [2.75, 3.05) is 7.11 Å². The number of nitrogens with zero attached hydrogens (tertiary/aromatic N) is 2. The first-order valence-electron chi connectivity index (χ1n) is 6.46. The van der Waals surface area contributed by atoms with E-state index in [0.717, 1.165) is 18.0 Å². The van der Waals surface area contributed by atoms with Crippen molar-refractivity contribution >= 4 is 15.8 Å². The Bertz CT molecular complexity index is 814. The third kappa shape index (κ3) is 3.55. The molecule has 0 N–H and O–H groups in total. The molecule has 124 valence electrons. The maximum atomic E-state index is 12.5. The average molecular weight is 344 g/mol. The highest BCUT2D eigenvalue weighted by atomic mass is 32.2. The van der Waals surface area contributed by atoms with Gasteiger partial charge in [-0.2, -0.15) is 5.10 Å². The van der Waals surface area contributed by atoms with Gasteiger partial charge in [0.25, 0.3) is 6.43 Å². The minimum absolute atomic E-state index is 0.184. The van der Waals surface area contributed by atoms with Crippen molar-refractivity contribution in [1.82, 2.24) is 9.78 Å². The summed E-state index contributed by atoms with van der Waals surface area (Å²) in [5, 5.41) is 3.77. The van der Waals surface area contributed by atoms with E-state index < -0.39 is 28.0 Å². The molecule has 1 heterocycles. The molecule has 0 amide bonds. The monoisotopic (exact) mass is 344 g/mol. The molecule has 23 heavy (non-hydrogen) atoms. The van der Waals surface area contributed by atoms with Crippen LogP contribution in [0.2, 0.25) is 0 Å². The lowest BCUT2D eigenvalue weighted by molar-refractivity contribution is 0.0583. The van der Waals surface area contributed by atoms with Gasteiger partial charge >= 0.3 is 5.97 Å².